The Labute approximate surface area is 702 Å². The summed E-state index contributed by atoms with van der Waals surface area (Å²) in [5.74, 6) is 4.71. The van der Waals surface area contributed by atoms with E-state index in [1.54, 1.807) is 11.0 Å². The van der Waals surface area contributed by atoms with Crippen molar-refractivity contribution in [3.8, 4) is 0 Å². The highest BCUT2D eigenvalue weighted by Crippen LogP contribution is 2.45. The summed E-state index contributed by atoms with van der Waals surface area (Å²) in [5, 5.41) is 10.2. The molecule has 0 radical (unpaired) electrons. The lowest BCUT2D eigenvalue weighted by molar-refractivity contribution is 0.116. The van der Waals surface area contributed by atoms with Crippen molar-refractivity contribution in [2.24, 2.45) is 59.2 Å². The van der Waals surface area contributed by atoms with Crippen molar-refractivity contribution >= 4 is 64.6 Å². The van der Waals surface area contributed by atoms with Gasteiger partial charge >= 0.3 is 36.2 Å². The first-order valence-corrected chi connectivity index (χ1v) is 43.6. The Kier molecular flexibility index (Phi) is 27.0. The summed E-state index contributed by atoms with van der Waals surface area (Å²) >= 11 is 0. The van der Waals surface area contributed by atoms with Gasteiger partial charge in [0.05, 0.1) is 78.6 Å². The quantitative estimate of drug-likeness (QED) is 0.0889. The second-order valence-electron chi connectivity index (χ2n) is 36.5. The number of aliphatic hydroxyl groups is 1. The van der Waals surface area contributed by atoms with Gasteiger partial charge in [-0.05, 0) is 138 Å². The zero-order chi connectivity index (χ0) is 84.1. The van der Waals surface area contributed by atoms with Crippen LogP contribution in [-0.2, 0) is 6.54 Å². The lowest BCUT2D eigenvalue weighted by atomic mass is 10.0. The standard InChI is InChI=1S/C18H24N2O.C17H24N2O.2C17H22N2O.C16H20N2O2.C14H16N2O/c1-13(2)11-20-17-14(3)9-10-16(17)19(18(20)21)12-15-7-5-4-6-8-15;3*1-12(2)11-18-16-13(3)9-10-15(16)19(17(18)20)14-7-5-4-6-8-14;1-11(2)10-17-15-13(8-9-14(15)19)18(16(17)20)12-6-4-3-5-7-12;1-10-8-9-12-13(10)15(2)14(17)16(12)11-6-4-3-5-7-11/h4-10,13-14,16-17H,11-12H2,1-3H3;4-8,12-13,15-16H,9-11H2,1-3H3;2*4-10,12-13,15-16H,11H2,1-3H3;3-9,11,13-15,19H,10H2,1-2H3;3-10,12-13H,1-2H3/t14-,16-,17+;3*13-,15-,16+;13-,14-,15-;10-,12-,13+/m111111/s1. The zero-order valence-corrected chi connectivity index (χ0v) is 72.3. The Hall–Kier alpha value is -10.4. The molecule has 1 N–H and O–H groups in total. The van der Waals surface area contributed by atoms with E-state index in [-0.39, 0.29) is 90.6 Å². The first kappa shape index (κ1) is 85.5. The molecular weight excluding hydrogens is 1470 g/mol. The van der Waals surface area contributed by atoms with E-state index >= 15 is 0 Å². The third-order valence-electron chi connectivity index (χ3n) is 25.2. The molecule has 0 unspecified atom stereocenters. The number of amides is 12. The molecule has 1 saturated carbocycles. The number of benzene rings is 6. The van der Waals surface area contributed by atoms with Gasteiger partial charge < -0.3 is 39.4 Å². The van der Waals surface area contributed by atoms with Crippen LogP contribution in [0.15, 0.2) is 243 Å². The predicted octanol–water partition coefficient (Wildman–Crippen LogP) is 19.1. The second-order valence-corrected chi connectivity index (χ2v) is 36.5. The lowest BCUT2D eigenvalue weighted by Crippen LogP contribution is -2.43. The smallest absolute Gasteiger partial charge is 0.325 e. The van der Waals surface area contributed by atoms with Crippen LogP contribution in [0.5, 0.6) is 0 Å². The summed E-state index contributed by atoms with van der Waals surface area (Å²) in [4.78, 5) is 100.0. The Morgan fingerprint density at radius 1 is 0.288 bits per heavy atom. The predicted molar refractivity (Wildman–Crippen MR) is 477 cm³/mol. The van der Waals surface area contributed by atoms with Crippen LogP contribution in [0.25, 0.3) is 0 Å². The molecule has 12 amide bonds. The number of rotatable bonds is 17. The average Bonchev–Trinajstić information content (AvgIpc) is 1.62. The van der Waals surface area contributed by atoms with Crippen molar-refractivity contribution in [1.29, 1.82) is 0 Å². The van der Waals surface area contributed by atoms with Gasteiger partial charge in [-0.25, -0.2) is 28.8 Å². The minimum absolute atomic E-state index is 0.0108. The van der Waals surface area contributed by atoms with E-state index in [0.29, 0.717) is 90.4 Å². The van der Waals surface area contributed by atoms with E-state index in [1.165, 1.54) is 12.0 Å². The average molecular weight is 1600 g/mol. The molecule has 626 valence electrons. The molecule has 6 saturated heterocycles. The van der Waals surface area contributed by atoms with Crippen molar-refractivity contribution in [1.82, 2.24) is 34.3 Å². The highest BCUT2D eigenvalue weighted by Gasteiger charge is 2.56. The maximum Gasteiger partial charge on any atom is 0.325 e. The molecule has 18 atom stereocenters. The van der Waals surface area contributed by atoms with E-state index < -0.39 is 6.10 Å². The normalized spacial score (nSPS) is 29.0. The summed E-state index contributed by atoms with van der Waals surface area (Å²) in [6, 6.07) is 63.2. The van der Waals surface area contributed by atoms with Gasteiger partial charge in [-0.1, -0.05) is 286 Å². The minimum atomic E-state index is -0.573. The molecule has 6 aliphatic heterocycles. The maximum atomic E-state index is 12.9. The number of anilines is 5. The summed E-state index contributed by atoms with van der Waals surface area (Å²) in [5.41, 5.74) is 6.11. The Morgan fingerprint density at radius 3 is 0.932 bits per heavy atom. The van der Waals surface area contributed by atoms with Crippen molar-refractivity contribution in [3.63, 3.8) is 0 Å². The molecule has 0 aromatic heterocycles. The van der Waals surface area contributed by atoms with E-state index in [9.17, 15) is 33.9 Å². The molecule has 6 aromatic carbocycles. The monoisotopic (exact) mass is 1600 g/mol. The van der Waals surface area contributed by atoms with Gasteiger partial charge in [0.2, 0.25) is 0 Å². The molecule has 6 aromatic rings. The number of hydrogen-bond acceptors (Lipinski definition) is 7. The van der Waals surface area contributed by atoms with Crippen LogP contribution in [0.1, 0.15) is 122 Å². The fourth-order valence-electron chi connectivity index (χ4n) is 20.2. The summed E-state index contributed by atoms with van der Waals surface area (Å²) in [6.45, 7) is 37.4. The number of hydrogen-bond donors (Lipinski definition) is 1. The molecular formula is C99H128N12O7. The molecule has 7 fully saturated rings. The highest BCUT2D eigenvalue weighted by atomic mass is 16.3. The second kappa shape index (κ2) is 37.3. The molecule has 0 bridgehead atoms. The van der Waals surface area contributed by atoms with Gasteiger partial charge in [-0.2, -0.15) is 0 Å². The SMILES string of the molecule is CC(C)CN1C(=O)N(Cc2ccccc2)[C@@H]2C=C[C@@H](C)[C@@H]21.CC(C)CN1C(=O)N(c2ccccc2)[C@@H]2C=C[C@@H](C)[C@@H]21.CC(C)CN1C(=O)N(c2ccccc2)[C@@H]2C=C[C@@H](C)[C@@H]21.CC(C)CN1C(=O)N(c2ccccc2)[C@@H]2C=C[C@@H](O)[C@@H]21.CC(C)CN1C(=O)N(c2ccccc2)[C@@H]2CC[C@@H](C)[C@@H]21.C[C@@H]1C=C[C@@H]2[C@H]1N(C)C(=O)N2c1ccccc1. The first-order chi connectivity index (χ1) is 56.6. The zero-order valence-electron chi connectivity index (χ0n) is 72.3. The molecule has 12 aliphatic rings. The molecule has 6 aliphatic carbocycles. The van der Waals surface area contributed by atoms with Crippen molar-refractivity contribution < 1.29 is 33.9 Å². The number of fused-ring (bicyclic) bond motifs is 6. The number of urea groups is 6. The van der Waals surface area contributed by atoms with Crippen LogP contribution in [-0.4, -0.2) is 194 Å². The Bertz CT molecular complexity index is 4300. The minimum Gasteiger partial charge on any atom is -0.387 e. The topological polar surface area (TPSA) is 162 Å². The first-order valence-electron chi connectivity index (χ1n) is 43.6. The number of likely N-dealkylation sites (N-methyl/N-ethyl adjacent to an activating group) is 1. The van der Waals surface area contributed by atoms with Crippen LogP contribution in [0.3, 0.4) is 0 Å². The molecule has 18 rings (SSSR count). The number of carbonyl (C=O) groups excluding carboxylic acids is 6. The van der Waals surface area contributed by atoms with Crippen LogP contribution >= 0.6 is 0 Å². The Balaban J connectivity index is 0.000000123. The summed E-state index contributed by atoms with van der Waals surface area (Å²) in [7, 11) is 1.90. The van der Waals surface area contributed by atoms with Gasteiger partial charge in [0.15, 0.2) is 0 Å². The van der Waals surface area contributed by atoms with Crippen molar-refractivity contribution in [2.45, 2.75) is 202 Å². The lowest BCUT2D eigenvalue weighted by Gasteiger charge is -2.27. The van der Waals surface area contributed by atoms with Crippen LogP contribution in [0.2, 0.25) is 0 Å². The van der Waals surface area contributed by atoms with Gasteiger partial charge in [-0.15, -0.1) is 0 Å². The van der Waals surface area contributed by atoms with E-state index in [4.69, 9.17) is 0 Å². The number of aliphatic hydroxyl groups excluding tert-OH is 1. The fourth-order valence-corrected chi connectivity index (χ4v) is 20.2. The largest absolute Gasteiger partial charge is 0.387 e. The van der Waals surface area contributed by atoms with Gasteiger partial charge in [0, 0.05) is 74.8 Å². The van der Waals surface area contributed by atoms with Crippen molar-refractivity contribution in [2.75, 3.05) is 64.3 Å². The number of carbonyl (C=O) groups is 6. The Morgan fingerprint density at radius 2 is 0.559 bits per heavy atom. The fraction of sp³-hybridized carbons (Fsp3) is 0.475. The van der Waals surface area contributed by atoms with E-state index in [2.05, 4.69) is 196 Å². The molecule has 118 heavy (non-hydrogen) atoms. The van der Waals surface area contributed by atoms with E-state index in [0.717, 1.165) is 61.0 Å². The number of nitrogens with zero attached hydrogens (tertiary/aromatic N) is 12. The molecule has 0 spiro atoms. The number of para-hydroxylation sites is 5. The maximum absolute atomic E-state index is 12.9. The van der Waals surface area contributed by atoms with Crippen LogP contribution in [0, 0.1) is 59.2 Å². The third kappa shape index (κ3) is 17.7. The van der Waals surface area contributed by atoms with Crippen molar-refractivity contribution in [3.05, 3.63) is 248 Å². The van der Waals surface area contributed by atoms with Gasteiger partial charge in [0.1, 0.15) is 0 Å². The molecule has 6 heterocycles. The molecule has 19 nitrogen and oxygen atoms in total. The van der Waals surface area contributed by atoms with Gasteiger partial charge in [0.25, 0.3) is 0 Å². The highest BCUT2D eigenvalue weighted by molar-refractivity contribution is 6.00. The van der Waals surface area contributed by atoms with Crippen LogP contribution < -0.4 is 24.5 Å². The third-order valence-corrected chi connectivity index (χ3v) is 25.2. The van der Waals surface area contributed by atoms with Gasteiger partial charge in [-0.3, -0.25) is 24.5 Å². The molecule has 19 heteroatoms. The summed E-state index contributed by atoms with van der Waals surface area (Å²) in [6.07, 6.45) is 23.2. The summed E-state index contributed by atoms with van der Waals surface area (Å²) < 4.78 is 0. The van der Waals surface area contributed by atoms with E-state index in [1.807, 2.05) is 205 Å². The van der Waals surface area contributed by atoms with Crippen LogP contribution in [0.4, 0.5) is 57.2 Å².